The molecular weight excluding hydrogens is 304 g/mol. The maximum atomic E-state index is 12.3. The Bertz CT molecular complexity index is 781. The van der Waals surface area contributed by atoms with Crippen molar-refractivity contribution in [2.45, 2.75) is 19.8 Å². The molecule has 0 aliphatic heterocycles. The summed E-state index contributed by atoms with van der Waals surface area (Å²) in [4.78, 5) is 28.4. The molecular formula is C18H18N4O2. The molecule has 1 heterocycles. The third-order valence-electron chi connectivity index (χ3n) is 3.33. The topological polar surface area (TPSA) is 94.9 Å². The predicted molar refractivity (Wildman–Crippen MR) is 90.6 cm³/mol. The summed E-state index contributed by atoms with van der Waals surface area (Å²) in [7, 11) is 0. The average molecular weight is 322 g/mol. The lowest BCUT2D eigenvalue weighted by Crippen LogP contribution is -2.26. The molecule has 0 aliphatic carbocycles. The summed E-state index contributed by atoms with van der Waals surface area (Å²) in [6, 6.07) is 13.4. The van der Waals surface area contributed by atoms with E-state index in [0.717, 1.165) is 12.8 Å². The normalized spacial score (nSPS) is 9.83. The Balaban J connectivity index is 2.12. The van der Waals surface area contributed by atoms with Crippen LogP contribution in [0.5, 0.6) is 0 Å². The number of carbonyl (C=O) groups excluding carboxylic acids is 2. The number of benzene rings is 1. The molecule has 0 saturated carbocycles. The van der Waals surface area contributed by atoms with Crippen molar-refractivity contribution in [3.63, 3.8) is 0 Å². The molecule has 122 valence electrons. The first-order chi connectivity index (χ1) is 11.7. The zero-order valence-electron chi connectivity index (χ0n) is 13.4. The molecule has 6 nitrogen and oxygen atoms in total. The van der Waals surface area contributed by atoms with Crippen LogP contribution in [0, 0.1) is 11.3 Å². The summed E-state index contributed by atoms with van der Waals surface area (Å²) in [5.41, 5.74) is 1.07. The van der Waals surface area contributed by atoms with E-state index in [1.807, 2.05) is 13.0 Å². The van der Waals surface area contributed by atoms with Gasteiger partial charge in [0.15, 0.2) is 0 Å². The minimum atomic E-state index is -0.471. The van der Waals surface area contributed by atoms with Gasteiger partial charge in [-0.1, -0.05) is 31.5 Å². The second kappa shape index (κ2) is 8.44. The molecule has 24 heavy (non-hydrogen) atoms. The SMILES string of the molecule is CCCCNC(=O)c1cccc(C(=O)Nc2ccccc2C#N)n1. The van der Waals surface area contributed by atoms with Crippen molar-refractivity contribution in [1.29, 1.82) is 5.26 Å². The van der Waals surface area contributed by atoms with Gasteiger partial charge in [-0.05, 0) is 30.7 Å². The third-order valence-corrected chi connectivity index (χ3v) is 3.33. The maximum Gasteiger partial charge on any atom is 0.274 e. The number of para-hydroxylation sites is 1. The lowest BCUT2D eigenvalue weighted by Gasteiger charge is -2.08. The fraction of sp³-hybridized carbons (Fsp3) is 0.222. The number of unbranched alkanes of at least 4 members (excludes halogenated alkanes) is 1. The summed E-state index contributed by atoms with van der Waals surface area (Å²) >= 11 is 0. The monoisotopic (exact) mass is 322 g/mol. The predicted octanol–water partition coefficient (Wildman–Crippen LogP) is 2.74. The molecule has 2 amide bonds. The first-order valence-corrected chi connectivity index (χ1v) is 7.71. The van der Waals surface area contributed by atoms with Gasteiger partial charge in [-0.2, -0.15) is 5.26 Å². The van der Waals surface area contributed by atoms with Gasteiger partial charge in [0.1, 0.15) is 17.5 Å². The highest BCUT2D eigenvalue weighted by atomic mass is 16.2. The Morgan fingerprint density at radius 2 is 1.79 bits per heavy atom. The molecule has 2 N–H and O–H groups in total. The van der Waals surface area contributed by atoms with Crippen molar-refractivity contribution in [2.75, 3.05) is 11.9 Å². The van der Waals surface area contributed by atoms with Crippen molar-refractivity contribution >= 4 is 17.5 Å². The fourth-order valence-electron chi connectivity index (χ4n) is 2.03. The van der Waals surface area contributed by atoms with Gasteiger partial charge in [0.05, 0.1) is 11.3 Å². The van der Waals surface area contributed by atoms with Crippen LogP contribution in [-0.2, 0) is 0 Å². The van der Waals surface area contributed by atoms with E-state index in [0.29, 0.717) is 17.8 Å². The lowest BCUT2D eigenvalue weighted by molar-refractivity contribution is 0.0948. The largest absolute Gasteiger partial charge is 0.351 e. The Kier molecular flexibility index (Phi) is 6.03. The number of anilines is 1. The van der Waals surface area contributed by atoms with Crippen LogP contribution in [0.15, 0.2) is 42.5 Å². The molecule has 6 heteroatoms. The zero-order chi connectivity index (χ0) is 17.4. The van der Waals surface area contributed by atoms with Crippen LogP contribution in [-0.4, -0.2) is 23.3 Å². The van der Waals surface area contributed by atoms with E-state index < -0.39 is 5.91 Å². The highest BCUT2D eigenvalue weighted by Crippen LogP contribution is 2.14. The molecule has 0 unspecified atom stereocenters. The van der Waals surface area contributed by atoms with Crippen molar-refractivity contribution in [2.24, 2.45) is 0 Å². The van der Waals surface area contributed by atoms with Crippen LogP contribution in [0.1, 0.15) is 46.3 Å². The summed E-state index contributed by atoms with van der Waals surface area (Å²) in [5, 5.41) is 14.4. The maximum absolute atomic E-state index is 12.3. The van der Waals surface area contributed by atoms with Crippen molar-refractivity contribution in [3.05, 3.63) is 59.4 Å². The molecule has 0 radical (unpaired) electrons. The molecule has 0 bridgehead atoms. The Hall–Kier alpha value is -3.20. The average Bonchev–Trinajstić information content (AvgIpc) is 2.62. The first kappa shape index (κ1) is 17.2. The molecule has 1 aromatic heterocycles. The number of nitriles is 1. The van der Waals surface area contributed by atoms with Crippen molar-refractivity contribution < 1.29 is 9.59 Å². The van der Waals surface area contributed by atoms with Gasteiger partial charge in [0.2, 0.25) is 0 Å². The van der Waals surface area contributed by atoms with Crippen molar-refractivity contribution in [1.82, 2.24) is 10.3 Å². The van der Waals surface area contributed by atoms with Gasteiger partial charge < -0.3 is 10.6 Å². The van der Waals surface area contributed by atoms with Crippen LogP contribution in [0.3, 0.4) is 0 Å². The minimum Gasteiger partial charge on any atom is -0.351 e. The molecule has 0 saturated heterocycles. The highest BCUT2D eigenvalue weighted by Gasteiger charge is 2.13. The number of aromatic nitrogens is 1. The summed E-state index contributed by atoms with van der Waals surface area (Å²) in [6.07, 6.45) is 1.87. The van der Waals surface area contributed by atoms with E-state index >= 15 is 0 Å². The smallest absolute Gasteiger partial charge is 0.274 e. The number of nitrogens with one attached hydrogen (secondary N) is 2. The number of nitrogens with zero attached hydrogens (tertiary/aromatic N) is 2. The van der Waals surface area contributed by atoms with E-state index in [-0.39, 0.29) is 17.3 Å². The van der Waals surface area contributed by atoms with Gasteiger partial charge >= 0.3 is 0 Å². The summed E-state index contributed by atoms with van der Waals surface area (Å²) in [5.74, 6) is -0.781. The Morgan fingerprint density at radius 3 is 2.50 bits per heavy atom. The zero-order valence-corrected chi connectivity index (χ0v) is 13.4. The van der Waals surface area contributed by atoms with Crippen LogP contribution in [0.25, 0.3) is 0 Å². The lowest BCUT2D eigenvalue weighted by atomic mass is 10.2. The minimum absolute atomic E-state index is 0.117. The van der Waals surface area contributed by atoms with Crippen molar-refractivity contribution in [3.8, 4) is 6.07 Å². The molecule has 0 aliphatic rings. The Morgan fingerprint density at radius 1 is 1.08 bits per heavy atom. The molecule has 2 aromatic rings. The van der Waals surface area contributed by atoms with Gasteiger partial charge in [-0.3, -0.25) is 9.59 Å². The summed E-state index contributed by atoms with van der Waals surface area (Å²) < 4.78 is 0. The standard InChI is InChI=1S/C18H18N4O2/c1-2-3-11-20-17(23)15-9-6-10-16(21-15)18(24)22-14-8-5-4-7-13(14)12-19/h4-10H,2-3,11H2,1H3,(H,20,23)(H,22,24). The third kappa shape index (κ3) is 4.40. The van der Waals surface area contributed by atoms with Gasteiger partial charge in [0, 0.05) is 6.54 Å². The molecule has 0 atom stereocenters. The highest BCUT2D eigenvalue weighted by molar-refractivity contribution is 6.04. The van der Waals surface area contributed by atoms with E-state index in [9.17, 15) is 9.59 Å². The first-order valence-electron chi connectivity index (χ1n) is 7.71. The Labute approximate surface area is 140 Å². The molecule has 0 fully saturated rings. The van der Waals surface area contributed by atoms with E-state index in [4.69, 9.17) is 5.26 Å². The van der Waals surface area contributed by atoms with E-state index in [2.05, 4.69) is 15.6 Å². The van der Waals surface area contributed by atoms with Gasteiger partial charge in [-0.15, -0.1) is 0 Å². The van der Waals surface area contributed by atoms with Crippen LogP contribution >= 0.6 is 0 Å². The van der Waals surface area contributed by atoms with E-state index in [1.165, 1.54) is 6.07 Å². The number of rotatable bonds is 6. The van der Waals surface area contributed by atoms with Gasteiger partial charge in [0.25, 0.3) is 11.8 Å². The quantitative estimate of drug-likeness (QED) is 0.799. The van der Waals surface area contributed by atoms with Crippen LogP contribution in [0.2, 0.25) is 0 Å². The number of carbonyl (C=O) groups is 2. The fourth-order valence-corrected chi connectivity index (χ4v) is 2.03. The second-order valence-electron chi connectivity index (χ2n) is 5.13. The van der Waals surface area contributed by atoms with E-state index in [1.54, 1.807) is 36.4 Å². The molecule has 1 aromatic carbocycles. The number of hydrogen-bond acceptors (Lipinski definition) is 4. The number of amides is 2. The molecule has 0 spiro atoms. The number of pyridine rings is 1. The number of hydrogen-bond donors (Lipinski definition) is 2. The second-order valence-corrected chi connectivity index (χ2v) is 5.13. The molecule has 2 rings (SSSR count). The summed E-state index contributed by atoms with van der Waals surface area (Å²) in [6.45, 7) is 2.61. The van der Waals surface area contributed by atoms with Crippen LogP contribution in [0.4, 0.5) is 5.69 Å². The van der Waals surface area contributed by atoms with Gasteiger partial charge in [-0.25, -0.2) is 4.98 Å². The van der Waals surface area contributed by atoms with Crippen LogP contribution < -0.4 is 10.6 Å².